The molecule has 1 aromatic rings. The van der Waals surface area contributed by atoms with E-state index in [4.69, 9.17) is 6.42 Å². The minimum absolute atomic E-state index is 0.241. The van der Waals surface area contributed by atoms with Gasteiger partial charge in [-0.3, -0.25) is 0 Å². The Balaban J connectivity index is 2.70. The molecule has 15 heavy (non-hydrogen) atoms. The first kappa shape index (κ1) is 11.5. The topological polar surface area (TPSA) is 37.8 Å². The van der Waals surface area contributed by atoms with Crippen LogP contribution in [0.5, 0.6) is 0 Å². The summed E-state index contributed by atoms with van der Waals surface area (Å²) in [6, 6.07) is 2.21. The lowest BCUT2D eigenvalue weighted by Gasteiger charge is -2.12. The number of terminal acetylenes is 1. The van der Waals surface area contributed by atoms with Crippen LogP contribution in [0.25, 0.3) is 0 Å². The summed E-state index contributed by atoms with van der Waals surface area (Å²) in [5.74, 6) is 3.88. The number of rotatable bonds is 4. The first-order valence-corrected chi connectivity index (χ1v) is 5.15. The normalized spacial score (nSPS) is 12.2. The molecule has 0 spiro atoms. The van der Waals surface area contributed by atoms with Crippen LogP contribution in [-0.2, 0) is 0 Å². The van der Waals surface area contributed by atoms with Gasteiger partial charge in [-0.15, -0.1) is 12.3 Å². The van der Waals surface area contributed by atoms with Gasteiger partial charge in [-0.25, -0.2) is 9.97 Å². The van der Waals surface area contributed by atoms with Crippen LogP contribution in [0, 0.1) is 12.3 Å². The van der Waals surface area contributed by atoms with Gasteiger partial charge in [-0.2, -0.15) is 0 Å². The van der Waals surface area contributed by atoms with Crippen molar-refractivity contribution in [1.82, 2.24) is 9.97 Å². The van der Waals surface area contributed by atoms with Crippen LogP contribution in [0.3, 0.4) is 0 Å². The van der Waals surface area contributed by atoms with E-state index in [1.54, 1.807) is 6.33 Å². The molecule has 1 atom stereocenters. The van der Waals surface area contributed by atoms with E-state index in [1.165, 1.54) is 0 Å². The van der Waals surface area contributed by atoms with Crippen LogP contribution in [0.15, 0.2) is 12.4 Å². The fourth-order valence-corrected chi connectivity index (χ4v) is 1.25. The third-order valence-electron chi connectivity index (χ3n) is 2.10. The molecule has 1 rings (SSSR count). The quantitative estimate of drug-likeness (QED) is 0.764. The van der Waals surface area contributed by atoms with Gasteiger partial charge in [-0.05, 0) is 12.8 Å². The van der Waals surface area contributed by atoms with Crippen LogP contribution in [0.4, 0.5) is 5.82 Å². The Bertz CT molecular complexity index is 352. The van der Waals surface area contributed by atoms with E-state index in [0.717, 1.165) is 11.5 Å². The van der Waals surface area contributed by atoms with E-state index in [0.29, 0.717) is 12.3 Å². The van der Waals surface area contributed by atoms with E-state index in [2.05, 4.69) is 35.1 Å². The molecule has 0 radical (unpaired) electrons. The molecule has 0 aliphatic carbocycles. The Morgan fingerprint density at radius 2 is 2.13 bits per heavy atom. The third kappa shape index (κ3) is 3.59. The second kappa shape index (κ2) is 5.35. The van der Waals surface area contributed by atoms with Gasteiger partial charge in [0.15, 0.2) is 0 Å². The summed E-state index contributed by atoms with van der Waals surface area (Å²) in [7, 11) is 0. The predicted molar refractivity (Wildman–Crippen MR) is 62.7 cm³/mol. The minimum Gasteiger partial charge on any atom is -0.367 e. The molecule has 1 heterocycles. The smallest absolute Gasteiger partial charge is 0.129 e. The summed E-state index contributed by atoms with van der Waals surface area (Å²) < 4.78 is 0. The molecular weight excluding hydrogens is 186 g/mol. The summed E-state index contributed by atoms with van der Waals surface area (Å²) in [5.41, 5.74) is 1.04. The number of hydrogen-bond acceptors (Lipinski definition) is 3. The fraction of sp³-hybridized carbons (Fsp3) is 0.500. The summed E-state index contributed by atoms with van der Waals surface area (Å²) >= 11 is 0. The van der Waals surface area contributed by atoms with Crippen LogP contribution in [0.1, 0.15) is 38.8 Å². The maximum absolute atomic E-state index is 5.24. The van der Waals surface area contributed by atoms with Crippen molar-refractivity contribution < 1.29 is 0 Å². The molecule has 0 aliphatic rings. The van der Waals surface area contributed by atoms with Crippen LogP contribution in [0.2, 0.25) is 0 Å². The minimum atomic E-state index is 0.241. The van der Waals surface area contributed by atoms with Gasteiger partial charge in [0.1, 0.15) is 12.1 Å². The molecule has 1 N–H and O–H groups in total. The van der Waals surface area contributed by atoms with Crippen molar-refractivity contribution in [3.05, 3.63) is 18.1 Å². The van der Waals surface area contributed by atoms with Crippen LogP contribution < -0.4 is 5.32 Å². The first-order chi connectivity index (χ1) is 7.13. The number of nitrogens with zero attached hydrogens (tertiary/aromatic N) is 2. The van der Waals surface area contributed by atoms with E-state index in [1.807, 2.05) is 13.0 Å². The average molecular weight is 203 g/mol. The second-order valence-electron chi connectivity index (χ2n) is 3.94. The summed E-state index contributed by atoms with van der Waals surface area (Å²) in [4.78, 5) is 8.35. The molecule has 3 heteroatoms. The lowest BCUT2D eigenvalue weighted by atomic mass is 10.1. The Morgan fingerprint density at radius 3 is 2.73 bits per heavy atom. The highest BCUT2D eigenvalue weighted by Crippen LogP contribution is 2.14. The monoisotopic (exact) mass is 203 g/mol. The largest absolute Gasteiger partial charge is 0.367 e. The molecule has 0 aromatic carbocycles. The molecule has 0 aliphatic heterocycles. The number of hydrogen-bond donors (Lipinski definition) is 1. The standard InChI is InChI=1S/C12H17N3/c1-5-6-10(4)15-12-7-11(9(2)3)13-8-14-12/h1,7-10H,6H2,2-4H3,(H,13,14,15). The second-order valence-corrected chi connectivity index (χ2v) is 3.94. The van der Waals surface area contributed by atoms with Gasteiger partial charge >= 0.3 is 0 Å². The van der Waals surface area contributed by atoms with E-state index >= 15 is 0 Å². The van der Waals surface area contributed by atoms with Crippen LogP contribution in [-0.4, -0.2) is 16.0 Å². The highest BCUT2D eigenvalue weighted by Gasteiger charge is 2.05. The Hall–Kier alpha value is -1.56. The summed E-state index contributed by atoms with van der Waals surface area (Å²) in [6.45, 7) is 6.25. The van der Waals surface area contributed by atoms with E-state index < -0.39 is 0 Å². The Morgan fingerprint density at radius 1 is 1.40 bits per heavy atom. The van der Waals surface area contributed by atoms with Crippen molar-refractivity contribution in [1.29, 1.82) is 0 Å². The zero-order chi connectivity index (χ0) is 11.3. The maximum Gasteiger partial charge on any atom is 0.129 e. The third-order valence-corrected chi connectivity index (χ3v) is 2.10. The first-order valence-electron chi connectivity index (χ1n) is 5.15. The molecular formula is C12H17N3. The molecule has 0 amide bonds. The molecule has 3 nitrogen and oxygen atoms in total. The van der Waals surface area contributed by atoms with Crippen molar-refractivity contribution >= 4 is 5.82 Å². The maximum atomic E-state index is 5.24. The van der Waals surface area contributed by atoms with Crippen molar-refractivity contribution in [2.24, 2.45) is 0 Å². The molecule has 1 unspecified atom stereocenters. The molecule has 0 saturated carbocycles. The van der Waals surface area contributed by atoms with Gasteiger partial charge in [0, 0.05) is 24.2 Å². The van der Waals surface area contributed by atoms with Crippen LogP contribution >= 0.6 is 0 Å². The van der Waals surface area contributed by atoms with Gasteiger partial charge in [-0.1, -0.05) is 13.8 Å². The number of anilines is 1. The van der Waals surface area contributed by atoms with E-state index in [-0.39, 0.29) is 6.04 Å². The van der Waals surface area contributed by atoms with Crippen molar-refractivity contribution in [3.63, 3.8) is 0 Å². The molecule has 1 aromatic heterocycles. The van der Waals surface area contributed by atoms with Crippen molar-refractivity contribution in [2.75, 3.05) is 5.32 Å². The molecule has 0 bridgehead atoms. The lowest BCUT2D eigenvalue weighted by molar-refractivity contribution is 0.796. The predicted octanol–water partition coefficient (Wildman–Crippen LogP) is 2.42. The lowest BCUT2D eigenvalue weighted by Crippen LogP contribution is -2.15. The highest BCUT2D eigenvalue weighted by atomic mass is 15.0. The van der Waals surface area contributed by atoms with Gasteiger partial charge < -0.3 is 5.32 Å². The fourth-order valence-electron chi connectivity index (χ4n) is 1.25. The molecule has 0 fully saturated rings. The van der Waals surface area contributed by atoms with E-state index in [9.17, 15) is 0 Å². The molecule has 0 saturated heterocycles. The highest BCUT2D eigenvalue weighted by molar-refractivity contribution is 5.36. The van der Waals surface area contributed by atoms with Crippen molar-refractivity contribution in [3.8, 4) is 12.3 Å². The zero-order valence-corrected chi connectivity index (χ0v) is 9.49. The zero-order valence-electron chi connectivity index (χ0n) is 9.49. The Kier molecular flexibility index (Phi) is 4.11. The average Bonchev–Trinajstić information content (AvgIpc) is 2.18. The van der Waals surface area contributed by atoms with Gasteiger partial charge in [0.25, 0.3) is 0 Å². The molecule has 80 valence electrons. The van der Waals surface area contributed by atoms with Gasteiger partial charge in [0.2, 0.25) is 0 Å². The SMILES string of the molecule is C#CCC(C)Nc1cc(C(C)C)ncn1. The summed E-state index contributed by atoms with van der Waals surface area (Å²) in [6.07, 6.45) is 7.52. The summed E-state index contributed by atoms with van der Waals surface area (Å²) in [5, 5.41) is 3.24. The van der Waals surface area contributed by atoms with Crippen molar-refractivity contribution in [2.45, 2.75) is 39.2 Å². The number of aromatic nitrogens is 2. The van der Waals surface area contributed by atoms with Gasteiger partial charge in [0.05, 0.1) is 0 Å². The Labute approximate surface area is 91.3 Å². The number of nitrogens with one attached hydrogen (secondary N) is 1.